The summed E-state index contributed by atoms with van der Waals surface area (Å²) in [6.45, 7) is 0. The van der Waals surface area contributed by atoms with E-state index in [0.29, 0.717) is 0 Å². The first-order valence-corrected chi connectivity index (χ1v) is 5.91. The zero-order valence-corrected chi connectivity index (χ0v) is 9.43. The molecule has 0 amide bonds. The summed E-state index contributed by atoms with van der Waals surface area (Å²) in [5.74, 6) is 0. The Hall–Kier alpha value is 0.660. The van der Waals surface area contributed by atoms with Crippen molar-refractivity contribution >= 4 is 43.2 Å². The topological polar surface area (TPSA) is 0 Å². The van der Waals surface area contributed by atoms with E-state index in [-0.39, 0.29) is 0 Å². The summed E-state index contributed by atoms with van der Waals surface area (Å²) in [5.41, 5.74) is 1.44. The van der Waals surface area contributed by atoms with Gasteiger partial charge in [-0.25, -0.2) is 0 Å². The third-order valence-corrected chi connectivity index (χ3v) is 3.33. The van der Waals surface area contributed by atoms with Crippen LogP contribution >= 0.6 is 43.2 Å². The number of hydrogen-bond donors (Lipinski definition) is 0. The molecule has 0 bridgehead atoms. The lowest BCUT2D eigenvalue weighted by Gasteiger charge is -1.90. The van der Waals surface area contributed by atoms with Crippen molar-refractivity contribution in [3.05, 3.63) is 20.8 Å². The van der Waals surface area contributed by atoms with Gasteiger partial charge in [0.25, 0.3) is 0 Å². The van der Waals surface area contributed by atoms with E-state index < -0.39 is 0 Å². The molecule has 0 unspecified atom stereocenters. The molecule has 0 spiro atoms. The first-order valence-electron chi connectivity index (χ1n) is 3.12. The Morgan fingerprint density at radius 2 is 2.30 bits per heavy atom. The summed E-state index contributed by atoms with van der Waals surface area (Å²) in [6, 6.07) is 2.19. The molecule has 10 heavy (non-hydrogen) atoms. The average Bonchev–Trinajstić information content (AvgIpc) is 2.31. The van der Waals surface area contributed by atoms with Gasteiger partial charge < -0.3 is 0 Å². The van der Waals surface area contributed by atoms with Gasteiger partial charge in [-0.15, -0.1) is 11.3 Å². The van der Waals surface area contributed by atoms with E-state index >= 15 is 0 Å². The highest BCUT2D eigenvalue weighted by molar-refractivity contribution is 9.11. The van der Waals surface area contributed by atoms with Crippen LogP contribution in [0.4, 0.5) is 0 Å². The van der Waals surface area contributed by atoms with Crippen molar-refractivity contribution in [2.45, 2.75) is 12.8 Å². The third-order valence-electron chi connectivity index (χ3n) is 1.22. The summed E-state index contributed by atoms with van der Waals surface area (Å²) in [5, 5.41) is 3.30. The van der Waals surface area contributed by atoms with E-state index in [1.165, 1.54) is 22.2 Å². The van der Waals surface area contributed by atoms with Crippen LogP contribution in [0, 0.1) is 0 Å². The molecular formula is C7H8Br2S. The van der Waals surface area contributed by atoms with Gasteiger partial charge >= 0.3 is 0 Å². The van der Waals surface area contributed by atoms with Crippen LogP contribution in [0.25, 0.3) is 0 Å². The largest absolute Gasteiger partial charge is 0.137 e. The van der Waals surface area contributed by atoms with Gasteiger partial charge in [0, 0.05) is 5.33 Å². The highest BCUT2D eigenvalue weighted by Crippen LogP contribution is 2.21. The van der Waals surface area contributed by atoms with E-state index in [1.807, 2.05) is 0 Å². The molecule has 1 rings (SSSR count). The van der Waals surface area contributed by atoms with Crippen molar-refractivity contribution in [1.29, 1.82) is 0 Å². The minimum absolute atomic E-state index is 1.10. The second-order valence-electron chi connectivity index (χ2n) is 2.05. The quantitative estimate of drug-likeness (QED) is 0.740. The monoisotopic (exact) mass is 282 g/mol. The van der Waals surface area contributed by atoms with Crippen LogP contribution < -0.4 is 0 Å². The fourth-order valence-corrected chi connectivity index (χ4v) is 2.27. The molecule has 0 saturated carbocycles. The SMILES string of the molecule is BrCCCc1csc(Br)c1. The maximum Gasteiger partial charge on any atom is 0.0701 e. The summed E-state index contributed by atoms with van der Waals surface area (Å²) < 4.78 is 1.23. The van der Waals surface area contributed by atoms with Crippen LogP contribution in [0.2, 0.25) is 0 Å². The Balaban J connectivity index is 2.42. The first-order chi connectivity index (χ1) is 4.83. The molecule has 0 radical (unpaired) electrons. The third kappa shape index (κ3) is 2.72. The molecule has 0 aliphatic rings. The number of halogens is 2. The molecule has 0 nitrogen and oxygen atoms in total. The zero-order valence-electron chi connectivity index (χ0n) is 5.44. The van der Waals surface area contributed by atoms with E-state index in [2.05, 4.69) is 43.3 Å². The first kappa shape index (κ1) is 8.75. The number of rotatable bonds is 3. The molecule has 1 heterocycles. The van der Waals surface area contributed by atoms with Crippen LogP contribution in [0.1, 0.15) is 12.0 Å². The van der Waals surface area contributed by atoms with Gasteiger partial charge in [-0.2, -0.15) is 0 Å². The lowest BCUT2D eigenvalue weighted by molar-refractivity contribution is 0.944. The molecule has 0 aliphatic carbocycles. The van der Waals surface area contributed by atoms with Crippen molar-refractivity contribution in [3.63, 3.8) is 0 Å². The fraction of sp³-hybridized carbons (Fsp3) is 0.429. The van der Waals surface area contributed by atoms with Crippen molar-refractivity contribution in [2.24, 2.45) is 0 Å². The van der Waals surface area contributed by atoms with Gasteiger partial charge in [-0.1, -0.05) is 15.9 Å². The Morgan fingerprint density at radius 1 is 1.50 bits per heavy atom. The Labute approximate surface area is 81.9 Å². The molecule has 3 heteroatoms. The van der Waals surface area contributed by atoms with Crippen LogP contribution in [0.5, 0.6) is 0 Å². The second-order valence-corrected chi connectivity index (χ2v) is 5.14. The number of alkyl halides is 1. The molecule has 0 N–H and O–H groups in total. The molecule has 1 aromatic rings. The molecule has 1 aromatic heterocycles. The number of hydrogen-bond acceptors (Lipinski definition) is 1. The summed E-state index contributed by atoms with van der Waals surface area (Å²) in [7, 11) is 0. The number of thiophene rings is 1. The normalized spacial score (nSPS) is 10.2. The Bertz CT molecular complexity index is 195. The van der Waals surface area contributed by atoms with Gasteiger partial charge in [0.15, 0.2) is 0 Å². The lowest BCUT2D eigenvalue weighted by atomic mass is 10.2. The minimum atomic E-state index is 1.10. The molecule has 0 atom stereocenters. The maximum absolute atomic E-state index is 3.43. The molecule has 0 aliphatic heterocycles. The molecule has 0 saturated heterocycles. The van der Waals surface area contributed by atoms with Crippen LogP contribution in [0.15, 0.2) is 15.2 Å². The maximum atomic E-state index is 3.43. The van der Waals surface area contributed by atoms with E-state index in [9.17, 15) is 0 Å². The van der Waals surface area contributed by atoms with Gasteiger partial charge in [-0.3, -0.25) is 0 Å². The van der Waals surface area contributed by atoms with Gasteiger partial charge in [-0.05, 0) is 45.8 Å². The second kappa shape index (κ2) is 4.52. The van der Waals surface area contributed by atoms with Crippen molar-refractivity contribution in [1.82, 2.24) is 0 Å². The Morgan fingerprint density at radius 3 is 2.80 bits per heavy atom. The highest BCUT2D eigenvalue weighted by atomic mass is 79.9. The van der Waals surface area contributed by atoms with Crippen molar-refractivity contribution in [2.75, 3.05) is 5.33 Å². The Kier molecular flexibility index (Phi) is 3.96. The molecular weight excluding hydrogens is 276 g/mol. The van der Waals surface area contributed by atoms with Crippen molar-refractivity contribution < 1.29 is 0 Å². The number of aryl methyl sites for hydroxylation is 1. The standard InChI is InChI=1S/C7H8Br2S/c8-3-1-2-6-4-7(9)10-5-6/h4-5H,1-3H2. The van der Waals surface area contributed by atoms with E-state index in [0.717, 1.165) is 5.33 Å². The highest BCUT2D eigenvalue weighted by Gasteiger charge is 1.95. The average molecular weight is 284 g/mol. The predicted molar refractivity (Wildman–Crippen MR) is 54.1 cm³/mol. The van der Waals surface area contributed by atoms with E-state index in [4.69, 9.17) is 0 Å². The zero-order chi connectivity index (χ0) is 7.40. The smallest absolute Gasteiger partial charge is 0.0701 e. The lowest BCUT2D eigenvalue weighted by Crippen LogP contribution is -1.80. The van der Waals surface area contributed by atoms with Crippen LogP contribution in [-0.2, 0) is 6.42 Å². The molecule has 0 aromatic carbocycles. The van der Waals surface area contributed by atoms with Gasteiger partial charge in [0.05, 0.1) is 3.79 Å². The van der Waals surface area contributed by atoms with Gasteiger partial charge in [0.2, 0.25) is 0 Å². The fourth-order valence-electron chi connectivity index (χ4n) is 0.748. The predicted octanol–water partition coefficient (Wildman–Crippen LogP) is 3.84. The van der Waals surface area contributed by atoms with E-state index in [1.54, 1.807) is 11.3 Å². The summed E-state index contributed by atoms with van der Waals surface area (Å²) in [6.07, 6.45) is 2.41. The summed E-state index contributed by atoms with van der Waals surface area (Å²) >= 11 is 8.59. The summed E-state index contributed by atoms with van der Waals surface area (Å²) in [4.78, 5) is 0. The molecule has 0 fully saturated rings. The van der Waals surface area contributed by atoms with Crippen LogP contribution in [-0.4, -0.2) is 5.33 Å². The van der Waals surface area contributed by atoms with Gasteiger partial charge in [0.1, 0.15) is 0 Å². The van der Waals surface area contributed by atoms with Crippen molar-refractivity contribution in [3.8, 4) is 0 Å². The minimum Gasteiger partial charge on any atom is -0.137 e. The molecule has 56 valence electrons. The van der Waals surface area contributed by atoms with Crippen LogP contribution in [0.3, 0.4) is 0 Å².